The Balaban J connectivity index is 2.03. The van der Waals surface area contributed by atoms with Gasteiger partial charge in [-0.1, -0.05) is 12.1 Å². The molecule has 1 aromatic carbocycles. The molecule has 0 radical (unpaired) electrons. The maximum absolute atomic E-state index is 4.37. The van der Waals surface area contributed by atoms with E-state index in [0.717, 1.165) is 21.8 Å². The second-order valence-electron chi connectivity index (χ2n) is 4.19. The molecule has 0 unspecified atom stereocenters. The lowest BCUT2D eigenvalue weighted by Crippen LogP contribution is -1.90. The smallest absolute Gasteiger partial charge is 0.0844 e. The van der Waals surface area contributed by atoms with Crippen molar-refractivity contribution in [3.8, 4) is 0 Å². The molecular weight excluding hydrogens is 288 g/mol. The highest BCUT2D eigenvalue weighted by Crippen LogP contribution is 2.25. The lowest BCUT2D eigenvalue weighted by atomic mass is 10.0. The monoisotopic (exact) mass is 298 g/mol. The number of benzene rings is 1. The molecule has 0 atom stereocenters. The Morgan fingerprint density at radius 1 is 1.00 bits per heavy atom. The van der Waals surface area contributed by atoms with Gasteiger partial charge in [-0.2, -0.15) is 0 Å². The average molecular weight is 299 g/mol. The van der Waals surface area contributed by atoms with Crippen LogP contribution in [-0.2, 0) is 6.42 Å². The Labute approximate surface area is 114 Å². The number of pyridine rings is 2. The van der Waals surface area contributed by atoms with E-state index in [4.69, 9.17) is 0 Å². The molecule has 0 fully saturated rings. The third kappa shape index (κ3) is 2.27. The van der Waals surface area contributed by atoms with E-state index in [9.17, 15) is 0 Å². The first-order valence-electron chi connectivity index (χ1n) is 5.75. The van der Waals surface area contributed by atoms with Crippen LogP contribution in [0.5, 0.6) is 0 Å². The van der Waals surface area contributed by atoms with Crippen LogP contribution < -0.4 is 0 Å². The third-order valence-electron chi connectivity index (χ3n) is 2.85. The van der Waals surface area contributed by atoms with Crippen LogP contribution in [0.4, 0.5) is 0 Å². The van der Waals surface area contributed by atoms with Crippen molar-refractivity contribution in [2.45, 2.75) is 6.42 Å². The van der Waals surface area contributed by atoms with Crippen molar-refractivity contribution in [3.05, 3.63) is 70.6 Å². The van der Waals surface area contributed by atoms with Gasteiger partial charge in [0.15, 0.2) is 0 Å². The number of halogens is 1. The van der Waals surface area contributed by atoms with E-state index >= 15 is 0 Å². The summed E-state index contributed by atoms with van der Waals surface area (Å²) in [5.74, 6) is 0. The van der Waals surface area contributed by atoms with E-state index in [1.165, 1.54) is 11.1 Å². The molecule has 2 nitrogen and oxygen atoms in total. The summed E-state index contributed by atoms with van der Waals surface area (Å²) < 4.78 is 1.04. The van der Waals surface area contributed by atoms with Crippen LogP contribution in [0.25, 0.3) is 10.9 Å². The van der Waals surface area contributed by atoms with Crippen molar-refractivity contribution in [2.75, 3.05) is 0 Å². The van der Waals surface area contributed by atoms with Crippen molar-refractivity contribution >= 4 is 26.8 Å². The van der Waals surface area contributed by atoms with Gasteiger partial charge in [-0.05, 0) is 57.7 Å². The van der Waals surface area contributed by atoms with Crippen LogP contribution in [0.15, 0.2) is 59.5 Å². The predicted octanol–water partition coefficient (Wildman–Crippen LogP) is 3.98. The van der Waals surface area contributed by atoms with Gasteiger partial charge in [0.2, 0.25) is 0 Å². The van der Waals surface area contributed by atoms with Gasteiger partial charge in [-0.3, -0.25) is 9.97 Å². The highest BCUT2D eigenvalue weighted by Gasteiger charge is 2.03. The summed E-state index contributed by atoms with van der Waals surface area (Å²) in [5.41, 5.74) is 3.48. The Hall–Kier alpha value is -1.74. The zero-order valence-corrected chi connectivity index (χ0v) is 11.3. The van der Waals surface area contributed by atoms with E-state index < -0.39 is 0 Å². The predicted molar refractivity (Wildman–Crippen MR) is 76.5 cm³/mol. The molecule has 2 heterocycles. The van der Waals surface area contributed by atoms with Gasteiger partial charge in [0.05, 0.1) is 5.52 Å². The lowest BCUT2D eigenvalue weighted by Gasteiger charge is -2.05. The van der Waals surface area contributed by atoms with Gasteiger partial charge in [-0.15, -0.1) is 0 Å². The van der Waals surface area contributed by atoms with E-state index in [2.05, 4.69) is 50.2 Å². The van der Waals surface area contributed by atoms with Crippen molar-refractivity contribution in [2.24, 2.45) is 0 Å². The highest BCUT2D eigenvalue weighted by molar-refractivity contribution is 9.10. The highest BCUT2D eigenvalue weighted by atomic mass is 79.9. The first-order valence-corrected chi connectivity index (χ1v) is 6.54. The van der Waals surface area contributed by atoms with Crippen molar-refractivity contribution in [3.63, 3.8) is 0 Å². The number of hydrogen-bond acceptors (Lipinski definition) is 2. The summed E-state index contributed by atoms with van der Waals surface area (Å²) in [7, 11) is 0. The molecule has 0 saturated carbocycles. The topological polar surface area (TPSA) is 25.8 Å². The Morgan fingerprint density at radius 2 is 1.89 bits per heavy atom. The summed E-state index contributed by atoms with van der Waals surface area (Å²) in [6.07, 6.45) is 6.40. The Kier molecular flexibility index (Phi) is 3.07. The molecule has 88 valence electrons. The minimum atomic E-state index is 0.886. The number of hydrogen-bond donors (Lipinski definition) is 0. The SMILES string of the molecule is Brc1cc(Cc2cccnc2)cc2cccnc12. The van der Waals surface area contributed by atoms with Crippen molar-refractivity contribution in [1.29, 1.82) is 0 Å². The first-order chi connectivity index (χ1) is 8.83. The zero-order chi connectivity index (χ0) is 12.4. The van der Waals surface area contributed by atoms with Gasteiger partial charge in [-0.25, -0.2) is 0 Å². The number of fused-ring (bicyclic) bond motifs is 1. The van der Waals surface area contributed by atoms with Gasteiger partial charge in [0, 0.05) is 28.4 Å². The van der Waals surface area contributed by atoms with Crippen LogP contribution >= 0.6 is 15.9 Å². The molecule has 0 saturated heterocycles. The van der Waals surface area contributed by atoms with E-state index in [1.807, 2.05) is 24.5 Å². The molecule has 0 aliphatic rings. The molecule has 0 aliphatic heterocycles. The molecule has 3 rings (SSSR count). The van der Waals surface area contributed by atoms with Gasteiger partial charge < -0.3 is 0 Å². The standard InChI is InChI=1S/C15H11BrN2/c16-14-9-12(7-11-3-1-5-17-10-11)8-13-4-2-6-18-15(13)14/h1-6,8-10H,7H2. The van der Waals surface area contributed by atoms with Crippen LogP contribution in [0, 0.1) is 0 Å². The quantitative estimate of drug-likeness (QED) is 0.715. The second-order valence-corrected chi connectivity index (χ2v) is 5.05. The summed E-state index contributed by atoms with van der Waals surface area (Å²) in [4.78, 5) is 8.51. The summed E-state index contributed by atoms with van der Waals surface area (Å²) in [6, 6.07) is 12.4. The van der Waals surface area contributed by atoms with Gasteiger partial charge in [0.25, 0.3) is 0 Å². The fourth-order valence-electron chi connectivity index (χ4n) is 2.05. The molecule has 3 aromatic rings. The first kappa shape index (κ1) is 11.4. The Bertz CT molecular complexity index is 680. The molecule has 18 heavy (non-hydrogen) atoms. The molecule has 0 amide bonds. The number of aromatic nitrogens is 2. The van der Waals surface area contributed by atoms with Crippen molar-refractivity contribution in [1.82, 2.24) is 9.97 Å². The number of nitrogens with zero attached hydrogens (tertiary/aromatic N) is 2. The second kappa shape index (κ2) is 4.86. The summed E-state index contributed by atoms with van der Waals surface area (Å²) >= 11 is 3.58. The molecule has 0 spiro atoms. The van der Waals surface area contributed by atoms with Gasteiger partial charge in [0.1, 0.15) is 0 Å². The molecule has 3 heteroatoms. The normalized spacial score (nSPS) is 10.7. The van der Waals surface area contributed by atoms with Gasteiger partial charge >= 0.3 is 0 Å². The molecule has 2 aromatic heterocycles. The molecular formula is C15H11BrN2. The largest absolute Gasteiger partial charge is 0.264 e. The molecule has 0 N–H and O–H groups in total. The maximum Gasteiger partial charge on any atom is 0.0844 e. The van der Waals surface area contributed by atoms with Crippen molar-refractivity contribution < 1.29 is 0 Å². The molecule has 0 aliphatic carbocycles. The Morgan fingerprint density at radius 3 is 2.72 bits per heavy atom. The number of rotatable bonds is 2. The van der Waals surface area contributed by atoms with Crippen LogP contribution in [0.1, 0.15) is 11.1 Å². The lowest BCUT2D eigenvalue weighted by molar-refractivity contribution is 1.15. The zero-order valence-electron chi connectivity index (χ0n) is 9.68. The van der Waals surface area contributed by atoms with E-state index in [-0.39, 0.29) is 0 Å². The van der Waals surface area contributed by atoms with Crippen LogP contribution in [0.2, 0.25) is 0 Å². The molecule has 0 bridgehead atoms. The fraction of sp³-hybridized carbons (Fsp3) is 0.0667. The van der Waals surface area contributed by atoms with E-state index in [1.54, 1.807) is 6.20 Å². The third-order valence-corrected chi connectivity index (χ3v) is 3.45. The fourth-order valence-corrected chi connectivity index (χ4v) is 2.67. The minimum absolute atomic E-state index is 0.886. The summed E-state index contributed by atoms with van der Waals surface area (Å²) in [5, 5.41) is 1.16. The minimum Gasteiger partial charge on any atom is -0.264 e. The summed E-state index contributed by atoms with van der Waals surface area (Å²) in [6.45, 7) is 0. The maximum atomic E-state index is 4.37. The van der Waals surface area contributed by atoms with Crippen LogP contribution in [-0.4, -0.2) is 9.97 Å². The van der Waals surface area contributed by atoms with Crippen LogP contribution in [0.3, 0.4) is 0 Å². The van der Waals surface area contributed by atoms with E-state index in [0.29, 0.717) is 0 Å². The average Bonchev–Trinajstić information content (AvgIpc) is 2.40.